The lowest BCUT2D eigenvalue weighted by Crippen LogP contribution is -2.19. The van der Waals surface area contributed by atoms with E-state index in [2.05, 4.69) is 20.6 Å². The minimum atomic E-state index is -0.861. The molecule has 6 nitrogen and oxygen atoms in total. The van der Waals surface area contributed by atoms with Crippen molar-refractivity contribution in [3.8, 4) is 0 Å². The fourth-order valence-corrected chi connectivity index (χ4v) is 1.84. The summed E-state index contributed by atoms with van der Waals surface area (Å²) in [5.41, 5.74) is 1.18. The molecule has 0 bridgehead atoms. The van der Waals surface area contributed by atoms with Gasteiger partial charge in [0.2, 0.25) is 0 Å². The molecule has 0 saturated carbocycles. The van der Waals surface area contributed by atoms with E-state index in [0.717, 1.165) is 6.07 Å². The number of hydrogen-bond donors (Lipinski definition) is 0. The zero-order valence-electron chi connectivity index (χ0n) is 10.5. The van der Waals surface area contributed by atoms with Crippen molar-refractivity contribution in [2.75, 3.05) is 11.9 Å². The Bertz CT molecular complexity index is 757. The van der Waals surface area contributed by atoms with E-state index in [1.165, 1.54) is 16.8 Å². The van der Waals surface area contributed by atoms with Gasteiger partial charge in [-0.1, -0.05) is 6.07 Å². The predicted molar refractivity (Wildman–Crippen MR) is 67.0 cm³/mol. The van der Waals surface area contributed by atoms with Crippen molar-refractivity contribution in [3.63, 3.8) is 0 Å². The molecule has 102 valence electrons. The van der Waals surface area contributed by atoms with Crippen LogP contribution in [0.4, 0.5) is 14.6 Å². The number of anilines is 1. The summed E-state index contributed by atoms with van der Waals surface area (Å²) in [6.45, 7) is 0.387. The predicted octanol–water partition coefficient (Wildman–Crippen LogP) is 1.43. The quantitative estimate of drug-likeness (QED) is 0.724. The Kier molecular flexibility index (Phi) is 2.97. The van der Waals surface area contributed by atoms with Crippen LogP contribution in [0.25, 0.3) is 5.65 Å². The largest absolute Gasteiger partial charge is 0.354 e. The molecule has 20 heavy (non-hydrogen) atoms. The van der Waals surface area contributed by atoms with Crippen LogP contribution >= 0.6 is 0 Å². The molecule has 1 aromatic carbocycles. The lowest BCUT2D eigenvalue weighted by Gasteiger charge is -2.17. The van der Waals surface area contributed by atoms with Gasteiger partial charge < -0.3 is 4.90 Å². The van der Waals surface area contributed by atoms with Crippen molar-refractivity contribution in [3.05, 3.63) is 47.5 Å². The third kappa shape index (κ3) is 2.27. The van der Waals surface area contributed by atoms with Crippen LogP contribution in [-0.2, 0) is 6.54 Å². The zero-order chi connectivity index (χ0) is 14.1. The molecule has 0 radical (unpaired) electrons. The number of halogens is 2. The van der Waals surface area contributed by atoms with Gasteiger partial charge in [-0.15, -0.1) is 14.8 Å². The van der Waals surface area contributed by atoms with Crippen molar-refractivity contribution in [1.29, 1.82) is 0 Å². The average Bonchev–Trinajstić information content (AvgIpc) is 2.90. The van der Waals surface area contributed by atoms with Gasteiger partial charge in [-0.2, -0.15) is 0 Å². The first-order valence-electron chi connectivity index (χ1n) is 5.84. The van der Waals surface area contributed by atoms with Crippen molar-refractivity contribution < 1.29 is 8.78 Å². The van der Waals surface area contributed by atoms with E-state index in [0.29, 0.717) is 23.6 Å². The van der Waals surface area contributed by atoms with E-state index >= 15 is 0 Å². The molecule has 0 N–H and O–H groups in total. The Morgan fingerprint density at radius 2 is 2.00 bits per heavy atom. The average molecular weight is 276 g/mol. The van der Waals surface area contributed by atoms with Gasteiger partial charge in [0.05, 0.1) is 0 Å². The first-order valence-corrected chi connectivity index (χ1v) is 5.84. The van der Waals surface area contributed by atoms with Crippen LogP contribution in [0.15, 0.2) is 30.3 Å². The fraction of sp³-hybridized carbons (Fsp3) is 0.167. The van der Waals surface area contributed by atoms with E-state index in [4.69, 9.17) is 0 Å². The molecule has 0 saturated heterocycles. The number of aromatic nitrogens is 5. The van der Waals surface area contributed by atoms with E-state index in [-0.39, 0.29) is 0 Å². The topological polar surface area (TPSA) is 59.2 Å². The Balaban J connectivity index is 1.84. The van der Waals surface area contributed by atoms with Crippen molar-refractivity contribution >= 4 is 11.5 Å². The molecule has 0 spiro atoms. The number of hydrogen-bond acceptors (Lipinski definition) is 5. The molecule has 0 aliphatic heterocycles. The van der Waals surface area contributed by atoms with Gasteiger partial charge in [-0.3, -0.25) is 0 Å². The molecule has 0 atom stereocenters. The minimum Gasteiger partial charge on any atom is -0.354 e. The molecular weight excluding hydrogens is 266 g/mol. The first-order chi connectivity index (χ1) is 9.63. The van der Waals surface area contributed by atoms with Gasteiger partial charge in [-0.25, -0.2) is 8.78 Å². The number of tetrazole rings is 1. The second-order valence-electron chi connectivity index (χ2n) is 4.32. The maximum Gasteiger partial charge on any atom is 0.200 e. The van der Waals surface area contributed by atoms with Gasteiger partial charge in [-0.05, 0) is 40.3 Å². The van der Waals surface area contributed by atoms with Crippen LogP contribution in [0.2, 0.25) is 0 Å². The van der Waals surface area contributed by atoms with E-state index in [1.807, 2.05) is 0 Å². The van der Waals surface area contributed by atoms with Crippen molar-refractivity contribution in [2.45, 2.75) is 6.54 Å². The summed E-state index contributed by atoms with van der Waals surface area (Å²) in [6.07, 6.45) is 0. The zero-order valence-corrected chi connectivity index (χ0v) is 10.5. The molecule has 2 aromatic heterocycles. The van der Waals surface area contributed by atoms with Crippen LogP contribution in [0.5, 0.6) is 0 Å². The smallest absolute Gasteiger partial charge is 0.200 e. The maximum absolute atomic E-state index is 13.2. The highest BCUT2D eigenvalue weighted by atomic mass is 19.2. The Morgan fingerprint density at radius 3 is 2.80 bits per heavy atom. The summed E-state index contributed by atoms with van der Waals surface area (Å²) in [4.78, 5) is 1.79. The van der Waals surface area contributed by atoms with Crippen LogP contribution in [0.1, 0.15) is 5.56 Å². The minimum absolute atomic E-state index is 0.387. The van der Waals surface area contributed by atoms with Crippen molar-refractivity contribution in [2.24, 2.45) is 0 Å². The van der Waals surface area contributed by atoms with E-state index in [1.54, 1.807) is 24.1 Å². The van der Waals surface area contributed by atoms with Crippen LogP contribution in [-0.4, -0.2) is 32.3 Å². The fourth-order valence-electron chi connectivity index (χ4n) is 1.84. The van der Waals surface area contributed by atoms with Gasteiger partial charge in [0.15, 0.2) is 23.1 Å². The lowest BCUT2D eigenvalue weighted by molar-refractivity contribution is 0.507. The highest BCUT2D eigenvalue weighted by Crippen LogP contribution is 2.14. The monoisotopic (exact) mass is 276 g/mol. The summed E-state index contributed by atoms with van der Waals surface area (Å²) >= 11 is 0. The Morgan fingerprint density at radius 1 is 1.15 bits per heavy atom. The second kappa shape index (κ2) is 4.80. The Hall–Kier alpha value is -2.64. The number of fused-ring (bicyclic) bond motifs is 1. The van der Waals surface area contributed by atoms with Crippen molar-refractivity contribution in [1.82, 2.24) is 25.3 Å². The maximum atomic E-state index is 13.2. The molecule has 8 heteroatoms. The van der Waals surface area contributed by atoms with Crippen LogP contribution in [0.3, 0.4) is 0 Å². The summed E-state index contributed by atoms with van der Waals surface area (Å²) in [5.74, 6) is -1.10. The number of nitrogens with zero attached hydrogens (tertiary/aromatic N) is 6. The van der Waals surface area contributed by atoms with E-state index in [9.17, 15) is 8.78 Å². The Labute approximate surface area is 112 Å². The lowest BCUT2D eigenvalue weighted by atomic mass is 10.2. The molecule has 3 rings (SSSR count). The van der Waals surface area contributed by atoms with Gasteiger partial charge in [0, 0.05) is 13.6 Å². The van der Waals surface area contributed by atoms with Gasteiger partial charge in [0.1, 0.15) is 0 Å². The molecular formula is C12H10F2N6. The molecule has 0 unspecified atom stereocenters. The first kappa shape index (κ1) is 12.4. The molecule has 0 aliphatic carbocycles. The van der Waals surface area contributed by atoms with Crippen LogP contribution < -0.4 is 4.90 Å². The third-order valence-corrected chi connectivity index (χ3v) is 2.85. The molecule has 0 fully saturated rings. The number of rotatable bonds is 3. The van der Waals surface area contributed by atoms with Gasteiger partial charge >= 0.3 is 0 Å². The normalized spacial score (nSPS) is 10.9. The molecule has 0 amide bonds. The molecule has 3 aromatic rings. The summed E-state index contributed by atoms with van der Waals surface area (Å²) in [6, 6.07) is 7.29. The number of benzene rings is 1. The van der Waals surface area contributed by atoms with E-state index < -0.39 is 11.6 Å². The standard InChI is InChI=1S/C12H10F2N6/c1-19(7-8-2-3-9(13)10(14)6-8)12-5-4-11-15-17-18-20(11)16-12/h2-6H,7H2,1H3. The molecule has 2 heterocycles. The van der Waals surface area contributed by atoms with Gasteiger partial charge in [0.25, 0.3) is 0 Å². The molecule has 0 aliphatic rings. The second-order valence-corrected chi connectivity index (χ2v) is 4.32. The summed E-state index contributed by atoms with van der Waals surface area (Å²) in [7, 11) is 1.79. The summed E-state index contributed by atoms with van der Waals surface area (Å²) in [5, 5.41) is 15.2. The summed E-state index contributed by atoms with van der Waals surface area (Å²) < 4.78 is 27.3. The SMILES string of the molecule is CN(Cc1ccc(F)c(F)c1)c1ccc2nnnn2n1. The highest BCUT2D eigenvalue weighted by molar-refractivity contribution is 5.44. The third-order valence-electron chi connectivity index (χ3n) is 2.85. The highest BCUT2D eigenvalue weighted by Gasteiger charge is 2.08. The van der Waals surface area contributed by atoms with Crippen LogP contribution in [0, 0.1) is 11.6 Å².